The number of nitrogens with zero attached hydrogens (tertiary/aromatic N) is 5. The minimum atomic E-state index is -1.50. The zero-order valence-electron chi connectivity index (χ0n) is 17.9. The SMILES string of the molecule is Cc1cn(-c2cc(F)c([C@H](C)Nc3ncc(F)c(N4C(=O)OC[C@@H]4[C@H](C)F)n3)cc2F)cn1. The van der Waals surface area contributed by atoms with Gasteiger partial charge < -0.3 is 14.6 Å². The highest BCUT2D eigenvalue weighted by Crippen LogP contribution is 2.29. The normalized spacial score (nSPS) is 17.7. The van der Waals surface area contributed by atoms with Gasteiger partial charge in [-0.1, -0.05) is 0 Å². The lowest BCUT2D eigenvalue weighted by molar-refractivity contribution is 0.174. The summed E-state index contributed by atoms with van der Waals surface area (Å²) in [6.45, 7) is 4.21. The number of aryl methyl sites for hydroxylation is 1. The van der Waals surface area contributed by atoms with Crippen molar-refractivity contribution in [3.05, 3.63) is 59.6 Å². The number of aromatic nitrogens is 4. The lowest BCUT2D eigenvalue weighted by atomic mass is 10.1. The second-order valence-corrected chi connectivity index (χ2v) is 7.67. The number of hydrogen-bond donors (Lipinski definition) is 1. The molecule has 0 saturated carbocycles. The molecule has 1 aliphatic heterocycles. The summed E-state index contributed by atoms with van der Waals surface area (Å²) in [6.07, 6.45) is 1.28. The molecular weight excluding hydrogens is 444 g/mol. The molecule has 33 heavy (non-hydrogen) atoms. The topological polar surface area (TPSA) is 85.2 Å². The van der Waals surface area contributed by atoms with Crippen LogP contribution in [0.5, 0.6) is 0 Å². The molecule has 3 heterocycles. The summed E-state index contributed by atoms with van der Waals surface area (Å²) in [6, 6.07) is 0.172. The van der Waals surface area contributed by atoms with Crippen LogP contribution in [0.1, 0.15) is 31.1 Å². The molecule has 8 nitrogen and oxygen atoms in total. The third-order valence-electron chi connectivity index (χ3n) is 5.26. The first-order chi connectivity index (χ1) is 15.7. The van der Waals surface area contributed by atoms with E-state index >= 15 is 0 Å². The molecule has 3 aromatic rings. The molecule has 0 aliphatic carbocycles. The van der Waals surface area contributed by atoms with E-state index in [0.29, 0.717) is 5.69 Å². The van der Waals surface area contributed by atoms with E-state index < -0.39 is 47.6 Å². The van der Waals surface area contributed by atoms with Crippen molar-refractivity contribution in [2.45, 2.75) is 39.0 Å². The zero-order chi connectivity index (χ0) is 23.9. The molecule has 3 atom stereocenters. The highest BCUT2D eigenvalue weighted by Gasteiger charge is 2.40. The summed E-state index contributed by atoms with van der Waals surface area (Å²) in [5.74, 6) is -2.99. The van der Waals surface area contributed by atoms with Crippen molar-refractivity contribution in [1.82, 2.24) is 19.5 Å². The lowest BCUT2D eigenvalue weighted by Crippen LogP contribution is -2.40. The fourth-order valence-corrected chi connectivity index (χ4v) is 3.52. The fourth-order valence-electron chi connectivity index (χ4n) is 3.52. The predicted octanol–water partition coefficient (Wildman–Crippen LogP) is 4.24. The number of ether oxygens (including phenoxy) is 1. The second-order valence-electron chi connectivity index (χ2n) is 7.67. The number of rotatable bonds is 6. The minimum absolute atomic E-state index is 0.0108. The Kier molecular flexibility index (Phi) is 5.91. The van der Waals surface area contributed by atoms with Gasteiger partial charge in [-0.2, -0.15) is 4.98 Å². The van der Waals surface area contributed by atoms with Gasteiger partial charge in [0.2, 0.25) is 5.95 Å². The molecule has 0 unspecified atom stereocenters. The second kappa shape index (κ2) is 8.68. The van der Waals surface area contributed by atoms with E-state index in [1.165, 1.54) is 24.7 Å². The Morgan fingerprint density at radius 3 is 2.58 bits per heavy atom. The van der Waals surface area contributed by atoms with Crippen LogP contribution in [0.25, 0.3) is 5.69 Å². The zero-order valence-corrected chi connectivity index (χ0v) is 17.9. The maximum atomic E-state index is 14.8. The van der Waals surface area contributed by atoms with Crippen molar-refractivity contribution in [2.75, 3.05) is 16.8 Å². The number of benzene rings is 1. The van der Waals surface area contributed by atoms with Gasteiger partial charge in [0.15, 0.2) is 11.6 Å². The monoisotopic (exact) mass is 464 g/mol. The van der Waals surface area contributed by atoms with Crippen molar-refractivity contribution < 1.29 is 27.1 Å². The molecule has 1 aliphatic rings. The number of anilines is 2. The van der Waals surface area contributed by atoms with Gasteiger partial charge in [-0.25, -0.2) is 37.2 Å². The van der Waals surface area contributed by atoms with Crippen LogP contribution in [0.3, 0.4) is 0 Å². The summed E-state index contributed by atoms with van der Waals surface area (Å²) in [7, 11) is 0. The van der Waals surface area contributed by atoms with Crippen LogP contribution in [-0.2, 0) is 4.74 Å². The third kappa shape index (κ3) is 4.32. The average molecular weight is 464 g/mol. The molecule has 12 heteroatoms. The molecule has 0 spiro atoms. The van der Waals surface area contributed by atoms with E-state index in [0.717, 1.165) is 23.2 Å². The van der Waals surface area contributed by atoms with Crippen LogP contribution in [0.2, 0.25) is 0 Å². The van der Waals surface area contributed by atoms with Crippen molar-refractivity contribution >= 4 is 17.9 Å². The number of amides is 1. The van der Waals surface area contributed by atoms with Crippen molar-refractivity contribution in [1.29, 1.82) is 0 Å². The Bertz CT molecular complexity index is 1200. The Labute approximate surface area is 186 Å². The van der Waals surface area contributed by atoms with Crippen LogP contribution in [0, 0.1) is 24.4 Å². The number of carbonyl (C=O) groups is 1. The van der Waals surface area contributed by atoms with Crippen molar-refractivity contribution in [2.24, 2.45) is 0 Å². The van der Waals surface area contributed by atoms with E-state index in [-0.39, 0.29) is 23.8 Å². The van der Waals surface area contributed by atoms with Crippen LogP contribution < -0.4 is 10.2 Å². The van der Waals surface area contributed by atoms with Gasteiger partial charge in [-0.05, 0) is 26.8 Å². The molecule has 1 aromatic carbocycles. The first-order valence-corrected chi connectivity index (χ1v) is 10.0. The van der Waals surface area contributed by atoms with Gasteiger partial charge in [0, 0.05) is 17.8 Å². The molecule has 1 saturated heterocycles. The highest BCUT2D eigenvalue weighted by molar-refractivity contribution is 5.89. The molecular formula is C21H20F4N6O2. The first-order valence-electron chi connectivity index (χ1n) is 10.0. The number of alkyl halides is 1. The molecule has 1 amide bonds. The summed E-state index contributed by atoms with van der Waals surface area (Å²) < 4.78 is 63.9. The first kappa shape index (κ1) is 22.5. The highest BCUT2D eigenvalue weighted by atomic mass is 19.1. The Morgan fingerprint density at radius 2 is 1.91 bits per heavy atom. The summed E-state index contributed by atoms with van der Waals surface area (Å²) in [5, 5.41) is 2.75. The van der Waals surface area contributed by atoms with Crippen LogP contribution in [0.15, 0.2) is 30.9 Å². The Hall–Kier alpha value is -3.70. The quantitative estimate of drug-likeness (QED) is 0.550. The number of imidazole rings is 1. The van der Waals surface area contributed by atoms with Gasteiger partial charge in [0.25, 0.3) is 0 Å². The number of nitrogens with one attached hydrogen (secondary N) is 1. The van der Waals surface area contributed by atoms with Crippen LogP contribution >= 0.6 is 0 Å². The molecule has 174 valence electrons. The molecule has 1 fully saturated rings. The Balaban J connectivity index is 1.60. The number of carbonyl (C=O) groups excluding carboxylic acids is 1. The van der Waals surface area contributed by atoms with E-state index in [1.807, 2.05) is 0 Å². The van der Waals surface area contributed by atoms with Gasteiger partial charge in [0.1, 0.15) is 30.5 Å². The molecule has 0 bridgehead atoms. The predicted molar refractivity (Wildman–Crippen MR) is 110 cm³/mol. The molecule has 0 radical (unpaired) electrons. The van der Waals surface area contributed by atoms with Gasteiger partial charge >= 0.3 is 6.09 Å². The third-order valence-corrected chi connectivity index (χ3v) is 5.26. The van der Waals surface area contributed by atoms with Crippen molar-refractivity contribution in [3.8, 4) is 5.69 Å². The smallest absolute Gasteiger partial charge is 0.416 e. The molecule has 2 aromatic heterocycles. The van der Waals surface area contributed by atoms with Gasteiger partial charge in [0.05, 0.1) is 29.9 Å². The number of cyclic esters (lactones) is 1. The largest absolute Gasteiger partial charge is 0.447 e. The average Bonchev–Trinajstić information content (AvgIpc) is 3.36. The fraction of sp³-hybridized carbons (Fsp3) is 0.333. The molecule has 4 rings (SSSR count). The van der Waals surface area contributed by atoms with E-state index in [4.69, 9.17) is 4.74 Å². The maximum absolute atomic E-state index is 14.8. The number of hydrogen-bond acceptors (Lipinski definition) is 6. The summed E-state index contributed by atoms with van der Waals surface area (Å²) >= 11 is 0. The van der Waals surface area contributed by atoms with Crippen molar-refractivity contribution in [3.63, 3.8) is 0 Å². The van der Waals surface area contributed by atoms with Crippen LogP contribution in [-0.4, -0.2) is 44.4 Å². The summed E-state index contributed by atoms with van der Waals surface area (Å²) in [5.41, 5.74) is 0.603. The van der Waals surface area contributed by atoms with Gasteiger partial charge in [-0.15, -0.1) is 0 Å². The maximum Gasteiger partial charge on any atom is 0.416 e. The molecule has 1 N–H and O–H groups in total. The summed E-state index contributed by atoms with van der Waals surface area (Å²) in [4.78, 5) is 24.5. The van der Waals surface area contributed by atoms with Crippen LogP contribution in [0.4, 0.5) is 34.1 Å². The van der Waals surface area contributed by atoms with Gasteiger partial charge in [-0.3, -0.25) is 0 Å². The van der Waals surface area contributed by atoms with E-state index in [1.54, 1.807) is 13.1 Å². The standard InChI is InChI=1S/C21H20F4N6O2/c1-10-7-30(9-27-10)17-5-14(23)13(4-15(17)24)12(3)28-20-26-6-16(25)19(29-20)31-18(11(2)22)8-33-21(31)32/h4-7,9,11-12,18H,8H2,1-3H3,(H,26,28,29)/t11-,12-,18+/m0/s1. The lowest BCUT2D eigenvalue weighted by Gasteiger charge is -2.22. The number of halogens is 4. The van der Waals surface area contributed by atoms with E-state index in [9.17, 15) is 22.4 Å². The Morgan fingerprint density at radius 1 is 1.15 bits per heavy atom. The minimum Gasteiger partial charge on any atom is -0.447 e. The van der Waals surface area contributed by atoms with E-state index in [2.05, 4.69) is 20.3 Å².